The van der Waals surface area contributed by atoms with E-state index in [-0.39, 0.29) is 16.9 Å². The second kappa shape index (κ2) is 7.09. The fraction of sp³-hybridized carbons (Fsp3) is 0.318. The average Bonchev–Trinajstić information content (AvgIpc) is 3.20. The first kappa shape index (κ1) is 18.7. The molecule has 3 aromatic rings. The van der Waals surface area contributed by atoms with Gasteiger partial charge in [-0.05, 0) is 37.5 Å². The summed E-state index contributed by atoms with van der Waals surface area (Å²) in [7, 11) is 0. The molecule has 0 aliphatic carbocycles. The molecular weight excluding hydrogens is 368 g/mol. The molecule has 6 heteroatoms. The van der Waals surface area contributed by atoms with E-state index in [1.807, 2.05) is 17.0 Å². The maximum atomic E-state index is 13.3. The first-order valence-electron chi connectivity index (χ1n) is 9.38. The molecule has 1 aliphatic rings. The summed E-state index contributed by atoms with van der Waals surface area (Å²) in [5.74, 6) is 0.392. The molecule has 2 heterocycles. The van der Waals surface area contributed by atoms with Gasteiger partial charge in [0.1, 0.15) is 6.33 Å². The van der Waals surface area contributed by atoms with Crippen LogP contribution in [0.5, 0.6) is 0 Å². The number of fused-ring (bicyclic) bond motifs is 1. The molecule has 1 atom stereocenters. The molecule has 1 N–H and O–H groups in total. The lowest BCUT2D eigenvalue weighted by molar-refractivity contribution is -0.117. The number of para-hydroxylation sites is 1. The number of aromatic amines is 1. The number of nitrogens with zero attached hydrogens (tertiary/aromatic N) is 3. The van der Waals surface area contributed by atoms with Crippen molar-refractivity contribution in [2.45, 2.75) is 43.3 Å². The summed E-state index contributed by atoms with van der Waals surface area (Å²) in [6, 6.07) is 18.9. The number of hydrogen-bond acceptors (Lipinski definition) is 4. The summed E-state index contributed by atoms with van der Waals surface area (Å²) < 4.78 is 0. The molecule has 1 aromatic heterocycles. The SMILES string of the molecule is CC1(c2ccccc2)CC(C)(C)N(C(=O)CSc2ncn[nH]2)c2ccccc21. The van der Waals surface area contributed by atoms with E-state index in [1.54, 1.807) is 0 Å². The Morgan fingerprint density at radius 3 is 2.54 bits per heavy atom. The lowest BCUT2D eigenvalue weighted by Crippen LogP contribution is -2.56. The molecule has 1 aliphatic heterocycles. The van der Waals surface area contributed by atoms with Gasteiger partial charge in [-0.3, -0.25) is 9.89 Å². The highest BCUT2D eigenvalue weighted by atomic mass is 32.2. The minimum Gasteiger partial charge on any atom is -0.306 e. The summed E-state index contributed by atoms with van der Waals surface area (Å²) in [6.07, 6.45) is 2.30. The zero-order valence-electron chi connectivity index (χ0n) is 16.3. The molecule has 4 rings (SSSR count). The van der Waals surface area contributed by atoms with Crippen molar-refractivity contribution in [2.75, 3.05) is 10.7 Å². The van der Waals surface area contributed by atoms with E-state index >= 15 is 0 Å². The van der Waals surface area contributed by atoms with Gasteiger partial charge in [-0.2, -0.15) is 5.10 Å². The van der Waals surface area contributed by atoms with E-state index in [1.165, 1.54) is 29.2 Å². The largest absolute Gasteiger partial charge is 0.306 e. The van der Waals surface area contributed by atoms with Crippen LogP contribution in [0.2, 0.25) is 0 Å². The number of carbonyl (C=O) groups is 1. The van der Waals surface area contributed by atoms with Crippen LogP contribution in [0.4, 0.5) is 5.69 Å². The third-order valence-corrected chi connectivity index (χ3v) is 6.38. The highest BCUT2D eigenvalue weighted by molar-refractivity contribution is 7.99. The summed E-state index contributed by atoms with van der Waals surface area (Å²) in [6.45, 7) is 6.59. The van der Waals surface area contributed by atoms with Crippen molar-refractivity contribution in [3.8, 4) is 0 Å². The van der Waals surface area contributed by atoms with E-state index in [0.717, 1.165) is 12.1 Å². The van der Waals surface area contributed by atoms with Gasteiger partial charge < -0.3 is 4.90 Å². The number of nitrogens with one attached hydrogen (secondary N) is 1. The zero-order chi connectivity index (χ0) is 19.8. The predicted octanol–water partition coefficient (Wildman–Crippen LogP) is 4.42. The minimum atomic E-state index is -0.321. The Bertz CT molecular complexity index is 971. The quantitative estimate of drug-likeness (QED) is 0.668. The van der Waals surface area contributed by atoms with Crippen molar-refractivity contribution < 1.29 is 4.79 Å². The molecule has 0 saturated heterocycles. The molecule has 2 aromatic carbocycles. The fourth-order valence-electron chi connectivity index (χ4n) is 4.49. The summed E-state index contributed by atoms with van der Waals surface area (Å²) >= 11 is 1.38. The number of H-pyrrole nitrogens is 1. The number of thioether (sulfide) groups is 1. The van der Waals surface area contributed by atoms with Crippen LogP contribution in [-0.2, 0) is 10.2 Å². The summed E-state index contributed by atoms with van der Waals surface area (Å²) in [5.41, 5.74) is 2.99. The smallest absolute Gasteiger partial charge is 0.237 e. The number of hydrogen-bond donors (Lipinski definition) is 1. The van der Waals surface area contributed by atoms with Crippen molar-refractivity contribution in [3.05, 3.63) is 72.1 Å². The Morgan fingerprint density at radius 2 is 1.82 bits per heavy atom. The Morgan fingerprint density at radius 1 is 1.11 bits per heavy atom. The predicted molar refractivity (Wildman–Crippen MR) is 113 cm³/mol. The van der Waals surface area contributed by atoms with Gasteiger partial charge in [0, 0.05) is 16.6 Å². The molecule has 1 unspecified atom stereocenters. The third-order valence-electron chi connectivity index (χ3n) is 5.52. The normalized spacial score (nSPS) is 20.6. The highest BCUT2D eigenvalue weighted by Gasteiger charge is 2.47. The maximum absolute atomic E-state index is 13.3. The van der Waals surface area contributed by atoms with E-state index in [9.17, 15) is 4.79 Å². The number of anilines is 1. The van der Waals surface area contributed by atoms with E-state index < -0.39 is 0 Å². The standard InChI is InChI=1S/C22H24N4OS/c1-21(2)14-22(3,16-9-5-4-6-10-16)17-11-7-8-12-18(17)26(21)19(27)13-28-20-23-15-24-25-20/h4-12,15H,13-14H2,1-3H3,(H,23,24,25). The molecule has 0 bridgehead atoms. The molecule has 0 saturated carbocycles. The van der Waals surface area contributed by atoms with Crippen molar-refractivity contribution in [2.24, 2.45) is 0 Å². The van der Waals surface area contributed by atoms with Gasteiger partial charge in [0.2, 0.25) is 5.91 Å². The van der Waals surface area contributed by atoms with Crippen LogP contribution >= 0.6 is 11.8 Å². The first-order chi connectivity index (χ1) is 13.4. The average molecular weight is 393 g/mol. The topological polar surface area (TPSA) is 61.9 Å². The summed E-state index contributed by atoms with van der Waals surface area (Å²) in [4.78, 5) is 19.3. The molecule has 144 valence electrons. The van der Waals surface area contributed by atoms with Crippen LogP contribution in [0.15, 0.2) is 66.1 Å². The van der Waals surface area contributed by atoms with Gasteiger partial charge in [-0.15, -0.1) is 0 Å². The Balaban J connectivity index is 1.73. The minimum absolute atomic E-state index is 0.0777. The van der Waals surface area contributed by atoms with Gasteiger partial charge in [-0.25, -0.2) is 4.98 Å². The Hall–Kier alpha value is -2.60. The van der Waals surface area contributed by atoms with Gasteiger partial charge in [0.25, 0.3) is 0 Å². The number of benzene rings is 2. The van der Waals surface area contributed by atoms with E-state index in [2.05, 4.69) is 78.4 Å². The molecule has 0 radical (unpaired) electrons. The summed E-state index contributed by atoms with van der Waals surface area (Å²) in [5, 5.41) is 7.31. The molecule has 1 amide bonds. The van der Waals surface area contributed by atoms with E-state index in [4.69, 9.17) is 0 Å². The van der Waals surface area contributed by atoms with Gasteiger partial charge in [0.05, 0.1) is 5.75 Å². The third kappa shape index (κ3) is 3.22. The molecule has 0 fully saturated rings. The zero-order valence-corrected chi connectivity index (χ0v) is 17.2. The van der Waals surface area contributed by atoms with Crippen molar-refractivity contribution in [3.63, 3.8) is 0 Å². The van der Waals surface area contributed by atoms with Crippen LogP contribution in [-0.4, -0.2) is 32.4 Å². The van der Waals surface area contributed by atoms with Gasteiger partial charge >= 0.3 is 0 Å². The van der Waals surface area contributed by atoms with Crippen LogP contribution in [0.25, 0.3) is 0 Å². The lowest BCUT2D eigenvalue weighted by atomic mass is 9.65. The van der Waals surface area contributed by atoms with Gasteiger partial charge in [-0.1, -0.05) is 67.2 Å². The molecule has 0 spiro atoms. The van der Waals surface area contributed by atoms with E-state index in [0.29, 0.717) is 10.9 Å². The van der Waals surface area contributed by atoms with Crippen molar-refractivity contribution in [1.82, 2.24) is 15.2 Å². The van der Waals surface area contributed by atoms with Crippen LogP contribution in [0.3, 0.4) is 0 Å². The van der Waals surface area contributed by atoms with Crippen LogP contribution in [0, 0.1) is 0 Å². The first-order valence-corrected chi connectivity index (χ1v) is 10.4. The van der Waals surface area contributed by atoms with Crippen molar-refractivity contribution in [1.29, 1.82) is 0 Å². The molecular formula is C22H24N4OS. The van der Waals surface area contributed by atoms with Gasteiger partial charge in [0.15, 0.2) is 5.16 Å². The Labute approximate surface area is 169 Å². The number of carbonyl (C=O) groups excluding carboxylic acids is 1. The molecule has 5 nitrogen and oxygen atoms in total. The molecule has 28 heavy (non-hydrogen) atoms. The fourth-order valence-corrected chi connectivity index (χ4v) is 5.12. The van der Waals surface area contributed by atoms with Crippen LogP contribution in [0.1, 0.15) is 38.3 Å². The highest BCUT2D eigenvalue weighted by Crippen LogP contribution is 2.50. The monoisotopic (exact) mass is 392 g/mol. The maximum Gasteiger partial charge on any atom is 0.237 e. The second-order valence-corrected chi connectivity index (χ2v) is 8.98. The second-order valence-electron chi connectivity index (χ2n) is 8.01. The number of rotatable bonds is 4. The number of amides is 1. The lowest BCUT2D eigenvalue weighted by Gasteiger charge is -2.51. The van der Waals surface area contributed by atoms with Crippen LogP contribution < -0.4 is 4.90 Å². The van der Waals surface area contributed by atoms with Crippen molar-refractivity contribution >= 4 is 23.4 Å². The number of aromatic nitrogens is 3. The Kier molecular flexibility index (Phi) is 4.75.